The van der Waals surface area contributed by atoms with Crippen molar-refractivity contribution in [3.05, 3.63) is 118 Å². The van der Waals surface area contributed by atoms with Crippen LogP contribution in [-0.2, 0) is 15.0 Å². The van der Waals surface area contributed by atoms with Gasteiger partial charge in [0, 0.05) is 0 Å². The van der Waals surface area contributed by atoms with Crippen LogP contribution in [0.25, 0.3) is 0 Å². The second kappa shape index (κ2) is 12.1. The Balaban J connectivity index is 1.63. The van der Waals surface area contributed by atoms with Crippen LogP contribution in [0.3, 0.4) is 0 Å². The molecule has 12 nitrogen and oxygen atoms in total. The summed E-state index contributed by atoms with van der Waals surface area (Å²) < 4.78 is 11.2. The Morgan fingerprint density at radius 1 is 0.512 bits per heavy atom. The Hall–Kier alpha value is -6.30. The fourth-order valence-corrected chi connectivity index (χ4v) is 4.35. The number of hydrogen-bond acceptors (Lipinski definition) is 8. The molecule has 216 valence electrons. The number of carboxylic acids is 4. The van der Waals surface area contributed by atoms with Gasteiger partial charge >= 0.3 is 23.9 Å². The lowest BCUT2D eigenvalue weighted by Gasteiger charge is -2.23. The van der Waals surface area contributed by atoms with Crippen molar-refractivity contribution >= 4 is 36.4 Å². The van der Waals surface area contributed by atoms with Gasteiger partial charge in [-0.15, -0.1) is 0 Å². The van der Waals surface area contributed by atoms with E-state index in [9.17, 15) is 49.2 Å². The zero-order chi connectivity index (χ0) is 31.3. The monoisotopic (exact) mass is 584 g/mol. The topological polar surface area (TPSA) is 202 Å². The van der Waals surface area contributed by atoms with Crippen molar-refractivity contribution < 1.29 is 58.7 Å². The van der Waals surface area contributed by atoms with Crippen molar-refractivity contribution in [3.8, 4) is 23.0 Å². The van der Waals surface area contributed by atoms with Crippen molar-refractivity contribution in [1.82, 2.24) is 0 Å². The first-order chi connectivity index (χ1) is 20.5. The van der Waals surface area contributed by atoms with E-state index in [-0.39, 0.29) is 34.1 Å². The van der Waals surface area contributed by atoms with E-state index in [0.29, 0.717) is 12.6 Å². The first kappa shape index (κ1) is 29.7. The van der Waals surface area contributed by atoms with Crippen molar-refractivity contribution in [2.75, 3.05) is 0 Å². The van der Waals surface area contributed by atoms with Gasteiger partial charge in [0.25, 0.3) is 0 Å². The molecule has 12 heteroatoms. The third-order valence-electron chi connectivity index (χ3n) is 6.43. The molecule has 4 aromatic rings. The number of carboxylic acid groups (broad SMARTS) is 4. The van der Waals surface area contributed by atoms with Gasteiger partial charge in [-0.25, -0.2) is 19.2 Å². The summed E-state index contributed by atoms with van der Waals surface area (Å²) in [5.74, 6) is -6.18. The molecule has 0 atom stereocenters. The lowest BCUT2D eigenvalue weighted by Crippen LogP contribution is -2.31. The van der Waals surface area contributed by atoms with Gasteiger partial charge < -0.3 is 39.5 Å². The number of carbonyl (C=O) groups is 6. The van der Waals surface area contributed by atoms with E-state index < -0.39 is 51.5 Å². The molecule has 4 aromatic carbocycles. The van der Waals surface area contributed by atoms with Gasteiger partial charge in [0.2, 0.25) is 0 Å². The molecule has 0 spiro atoms. The molecule has 43 heavy (non-hydrogen) atoms. The van der Waals surface area contributed by atoms with Crippen LogP contribution in [0.5, 0.6) is 23.0 Å². The number of carbonyl (C=O) groups excluding carboxylic acids is 2. The van der Waals surface area contributed by atoms with E-state index in [1.165, 1.54) is 72.8 Å². The minimum absolute atomic E-state index is 0.0982. The van der Waals surface area contributed by atoms with E-state index in [2.05, 4.69) is 0 Å². The molecule has 0 fully saturated rings. The number of hydrogen-bond donors (Lipinski definition) is 4. The first-order valence-electron chi connectivity index (χ1n) is 12.2. The fraction of sp³-hybridized carbons (Fsp3) is 0.0323. The minimum Gasteiger partial charge on any atom is -0.478 e. The second-order valence-corrected chi connectivity index (χ2v) is 8.94. The SMILES string of the molecule is O=CC(C=O)(c1ccc(Oc2cccc(C(=O)O)c2C(=O)O)cc1)c1ccc(Oc2cccc(C(=O)O)c2C(=O)O)cc1. The molecule has 0 aromatic heterocycles. The van der Waals surface area contributed by atoms with Gasteiger partial charge in [0.15, 0.2) is 0 Å². The summed E-state index contributed by atoms with van der Waals surface area (Å²) >= 11 is 0. The third-order valence-corrected chi connectivity index (χ3v) is 6.43. The van der Waals surface area contributed by atoms with Crippen LogP contribution >= 0.6 is 0 Å². The van der Waals surface area contributed by atoms with Gasteiger partial charge in [-0.1, -0.05) is 36.4 Å². The highest BCUT2D eigenvalue weighted by molar-refractivity contribution is 6.04. The Morgan fingerprint density at radius 3 is 1.14 bits per heavy atom. The average molecular weight is 584 g/mol. The summed E-state index contributed by atoms with van der Waals surface area (Å²) in [7, 11) is 0. The summed E-state index contributed by atoms with van der Waals surface area (Å²) in [4.78, 5) is 70.9. The summed E-state index contributed by atoms with van der Waals surface area (Å²) in [6.07, 6.45) is 0.840. The molecule has 0 heterocycles. The van der Waals surface area contributed by atoms with E-state index in [1.54, 1.807) is 0 Å². The first-order valence-corrected chi connectivity index (χ1v) is 12.2. The third kappa shape index (κ3) is 5.79. The van der Waals surface area contributed by atoms with E-state index in [4.69, 9.17) is 9.47 Å². The smallest absolute Gasteiger partial charge is 0.340 e. The number of aldehydes is 2. The zero-order valence-electron chi connectivity index (χ0n) is 21.8. The second-order valence-electron chi connectivity index (χ2n) is 8.94. The summed E-state index contributed by atoms with van der Waals surface area (Å²) in [6, 6.07) is 18.6. The molecule has 0 aliphatic rings. The molecule has 0 bridgehead atoms. The molecule has 0 saturated heterocycles. The van der Waals surface area contributed by atoms with Gasteiger partial charge in [-0.05, 0) is 59.7 Å². The zero-order valence-corrected chi connectivity index (χ0v) is 21.8. The number of benzene rings is 4. The number of rotatable bonds is 12. The highest BCUT2D eigenvalue weighted by Gasteiger charge is 2.34. The predicted molar refractivity (Wildman–Crippen MR) is 147 cm³/mol. The summed E-state index contributed by atoms with van der Waals surface area (Å²) in [6.45, 7) is 0. The van der Waals surface area contributed by atoms with Gasteiger partial charge in [0.1, 0.15) is 52.1 Å². The normalized spacial score (nSPS) is 10.8. The molecule has 0 unspecified atom stereocenters. The van der Waals surface area contributed by atoms with Crippen LogP contribution in [0, 0.1) is 0 Å². The molecule has 0 aliphatic carbocycles. The number of aromatic carboxylic acids is 4. The standard InChI is InChI=1S/C31H20O12/c32-15-31(16-33,17-7-11-19(12-8-17)42-23-5-1-3-21(27(34)35)25(23)29(38)39)18-9-13-20(14-10-18)43-24-6-2-4-22(28(36)37)26(24)30(40)41/h1-16H,(H,34,35)(H,36,37)(H,38,39)(H,40,41). The van der Waals surface area contributed by atoms with Crippen LogP contribution in [0.1, 0.15) is 52.6 Å². The molecular weight excluding hydrogens is 564 g/mol. The quantitative estimate of drug-likeness (QED) is 0.132. The Morgan fingerprint density at radius 2 is 0.860 bits per heavy atom. The maximum atomic E-state index is 12.3. The van der Waals surface area contributed by atoms with Gasteiger partial charge in [-0.3, -0.25) is 0 Å². The Kier molecular flexibility index (Phi) is 8.32. The maximum Gasteiger partial charge on any atom is 0.340 e. The van der Waals surface area contributed by atoms with E-state index in [0.717, 1.165) is 12.1 Å². The molecule has 4 rings (SSSR count). The van der Waals surface area contributed by atoms with Gasteiger partial charge in [0.05, 0.1) is 11.1 Å². The van der Waals surface area contributed by atoms with Crippen molar-refractivity contribution in [1.29, 1.82) is 0 Å². The molecule has 0 amide bonds. The maximum absolute atomic E-state index is 12.3. The van der Waals surface area contributed by atoms with Crippen molar-refractivity contribution in [2.45, 2.75) is 5.41 Å². The molecular formula is C31H20O12. The highest BCUT2D eigenvalue weighted by atomic mass is 16.5. The fourth-order valence-electron chi connectivity index (χ4n) is 4.35. The summed E-state index contributed by atoms with van der Waals surface area (Å²) in [5, 5.41) is 37.6. The van der Waals surface area contributed by atoms with Crippen LogP contribution in [0.4, 0.5) is 0 Å². The van der Waals surface area contributed by atoms with Crippen LogP contribution in [0.15, 0.2) is 84.9 Å². The number of ether oxygens (including phenoxy) is 2. The highest BCUT2D eigenvalue weighted by Crippen LogP contribution is 2.35. The lowest BCUT2D eigenvalue weighted by molar-refractivity contribution is -0.119. The molecule has 0 saturated carbocycles. The molecule has 0 radical (unpaired) electrons. The molecule has 4 N–H and O–H groups in total. The predicted octanol–water partition coefficient (Wildman–Crippen LogP) is 4.75. The largest absolute Gasteiger partial charge is 0.478 e. The average Bonchev–Trinajstić information content (AvgIpc) is 2.99. The van der Waals surface area contributed by atoms with Crippen LogP contribution in [0.2, 0.25) is 0 Å². The Bertz CT molecular complexity index is 1620. The lowest BCUT2D eigenvalue weighted by atomic mass is 9.77. The summed E-state index contributed by atoms with van der Waals surface area (Å²) in [5.41, 5.74) is -3.39. The Labute approximate surface area is 242 Å². The van der Waals surface area contributed by atoms with Crippen LogP contribution < -0.4 is 9.47 Å². The van der Waals surface area contributed by atoms with Crippen molar-refractivity contribution in [2.24, 2.45) is 0 Å². The van der Waals surface area contributed by atoms with Crippen molar-refractivity contribution in [3.63, 3.8) is 0 Å². The van der Waals surface area contributed by atoms with E-state index in [1.807, 2.05) is 0 Å². The molecule has 0 aliphatic heterocycles. The van der Waals surface area contributed by atoms with Crippen LogP contribution in [-0.4, -0.2) is 56.9 Å². The van der Waals surface area contributed by atoms with E-state index >= 15 is 0 Å². The van der Waals surface area contributed by atoms with Gasteiger partial charge in [-0.2, -0.15) is 0 Å². The minimum atomic E-state index is -1.79.